The Morgan fingerprint density at radius 3 is 2.59 bits per heavy atom. The maximum Gasteiger partial charge on any atom is 0.419 e. The Bertz CT molecular complexity index is 718. The molecule has 2 rings (SSSR count). The molecular weight excluding hydrogens is 367 g/mol. The Balaban J connectivity index is 2.01. The van der Waals surface area contributed by atoms with Crippen LogP contribution in [0.2, 0.25) is 0 Å². The van der Waals surface area contributed by atoms with E-state index < -0.39 is 42.3 Å². The highest BCUT2D eigenvalue weighted by molar-refractivity contribution is 5.92. The number of ether oxygens (including phenoxy) is 1. The van der Waals surface area contributed by atoms with Crippen LogP contribution in [0, 0.1) is 0 Å². The molecule has 1 atom stereocenters. The highest BCUT2D eigenvalue weighted by atomic mass is 19.4. The molecule has 1 unspecified atom stereocenters. The fraction of sp³-hybridized carbons (Fsp3) is 0.588. The summed E-state index contributed by atoms with van der Waals surface area (Å²) in [6, 6.07) is 2.94. The maximum atomic E-state index is 12.9. The average Bonchev–Trinajstić information content (AvgIpc) is 2.94. The maximum absolute atomic E-state index is 12.9. The zero-order chi connectivity index (χ0) is 20.5. The first-order valence-corrected chi connectivity index (χ1v) is 8.31. The van der Waals surface area contributed by atoms with E-state index in [0.717, 1.165) is 4.90 Å². The van der Waals surface area contributed by atoms with E-state index in [0.29, 0.717) is 5.56 Å². The van der Waals surface area contributed by atoms with Gasteiger partial charge >= 0.3 is 12.3 Å². The van der Waals surface area contributed by atoms with Crippen LogP contribution in [-0.2, 0) is 11.3 Å². The summed E-state index contributed by atoms with van der Waals surface area (Å²) in [6.07, 6.45) is -4.70. The molecule has 1 saturated heterocycles. The van der Waals surface area contributed by atoms with E-state index in [1.54, 1.807) is 26.8 Å². The molecule has 1 fully saturated rings. The minimum absolute atomic E-state index is 0.0597. The summed E-state index contributed by atoms with van der Waals surface area (Å²) in [5.74, 6) is -0.714. The molecule has 150 valence electrons. The van der Waals surface area contributed by atoms with Gasteiger partial charge in [-0.15, -0.1) is 0 Å². The van der Waals surface area contributed by atoms with Gasteiger partial charge < -0.3 is 20.1 Å². The van der Waals surface area contributed by atoms with Crippen LogP contribution in [0.25, 0.3) is 0 Å². The standard InChI is InChI=1S/C17H22F3N3O4/c1-15(2,3)27-14(25)22-9-11-4-6-21-12(8-11)13(24)23-7-5-16(26,10-23)17(18,19)20/h4,6,8,26H,5,7,9-10H2,1-3H3,(H,22,25). The lowest BCUT2D eigenvalue weighted by molar-refractivity contribution is -0.253. The van der Waals surface area contributed by atoms with Crippen molar-refractivity contribution in [3.63, 3.8) is 0 Å². The summed E-state index contributed by atoms with van der Waals surface area (Å²) < 4.78 is 43.8. The molecule has 7 nitrogen and oxygen atoms in total. The summed E-state index contributed by atoms with van der Waals surface area (Å²) >= 11 is 0. The van der Waals surface area contributed by atoms with Gasteiger partial charge in [0, 0.05) is 25.7 Å². The topological polar surface area (TPSA) is 91.8 Å². The number of amides is 2. The molecule has 1 aliphatic heterocycles. The number of halogens is 3. The smallest absolute Gasteiger partial charge is 0.419 e. The largest absolute Gasteiger partial charge is 0.444 e. The number of carbonyl (C=O) groups is 2. The molecule has 0 saturated carbocycles. The molecule has 2 heterocycles. The minimum atomic E-state index is -4.81. The number of carbonyl (C=O) groups excluding carboxylic acids is 2. The second-order valence-electron chi connectivity index (χ2n) is 7.41. The SMILES string of the molecule is CC(C)(C)OC(=O)NCc1ccnc(C(=O)N2CCC(O)(C(F)(F)F)C2)c1. The van der Waals surface area contributed by atoms with Crippen molar-refractivity contribution in [3.8, 4) is 0 Å². The van der Waals surface area contributed by atoms with Crippen LogP contribution < -0.4 is 5.32 Å². The molecule has 0 aliphatic carbocycles. The number of hydrogen-bond donors (Lipinski definition) is 2. The van der Waals surface area contributed by atoms with E-state index in [2.05, 4.69) is 10.3 Å². The lowest BCUT2D eigenvalue weighted by Gasteiger charge is -2.25. The van der Waals surface area contributed by atoms with Crippen molar-refractivity contribution in [1.29, 1.82) is 0 Å². The number of alkyl carbamates (subject to hydrolysis) is 1. The van der Waals surface area contributed by atoms with Gasteiger partial charge in [0.2, 0.25) is 0 Å². The molecule has 0 radical (unpaired) electrons. The molecule has 1 aromatic rings. The molecule has 2 amide bonds. The van der Waals surface area contributed by atoms with Crippen molar-refractivity contribution in [2.75, 3.05) is 13.1 Å². The van der Waals surface area contributed by atoms with Crippen molar-refractivity contribution >= 4 is 12.0 Å². The van der Waals surface area contributed by atoms with E-state index in [4.69, 9.17) is 4.74 Å². The predicted molar refractivity (Wildman–Crippen MR) is 88.8 cm³/mol. The van der Waals surface area contributed by atoms with Gasteiger partial charge in [0.25, 0.3) is 5.91 Å². The first-order valence-electron chi connectivity index (χ1n) is 8.31. The van der Waals surface area contributed by atoms with Gasteiger partial charge in [0.05, 0.1) is 6.54 Å². The van der Waals surface area contributed by atoms with Crippen LogP contribution >= 0.6 is 0 Å². The number of hydrogen-bond acceptors (Lipinski definition) is 5. The zero-order valence-electron chi connectivity index (χ0n) is 15.3. The van der Waals surface area contributed by atoms with Gasteiger partial charge in [-0.2, -0.15) is 13.2 Å². The van der Waals surface area contributed by atoms with Crippen LogP contribution in [0.1, 0.15) is 43.2 Å². The van der Waals surface area contributed by atoms with Gasteiger partial charge in [-0.25, -0.2) is 4.79 Å². The summed E-state index contributed by atoms with van der Waals surface area (Å²) in [5.41, 5.74) is -3.10. The minimum Gasteiger partial charge on any atom is -0.444 e. The third kappa shape index (κ3) is 5.31. The molecule has 27 heavy (non-hydrogen) atoms. The lowest BCUT2D eigenvalue weighted by Crippen LogP contribution is -2.48. The van der Waals surface area contributed by atoms with Crippen molar-refractivity contribution in [2.45, 2.75) is 51.1 Å². The van der Waals surface area contributed by atoms with Gasteiger partial charge in [-0.1, -0.05) is 0 Å². The summed E-state index contributed by atoms with van der Waals surface area (Å²) in [7, 11) is 0. The van der Waals surface area contributed by atoms with Gasteiger partial charge in [-0.3, -0.25) is 9.78 Å². The molecular formula is C17H22F3N3O4. The molecule has 0 aromatic carbocycles. The summed E-state index contributed by atoms with van der Waals surface area (Å²) in [5, 5.41) is 12.2. The lowest BCUT2D eigenvalue weighted by atomic mass is 10.0. The van der Waals surface area contributed by atoms with Gasteiger partial charge in [0.1, 0.15) is 11.3 Å². The van der Waals surface area contributed by atoms with Crippen molar-refractivity contribution in [1.82, 2.24) is 15.2 Å². The Kier molecular flexibility index (Phi) is 5.69. The number of pyridine rings is 1. The number of likely N-dealkylation sites (tertiary alicyclic amines) is 1. The quantitative estimate of drug-likeness (QED) is 0.827. The average molecular weight is 389 g/mol. The Morgan fingerprint density at radius 1 is 1.37 bits per heavy atom. The molecule has 0 bridgehead atoms. The van der Waals surface area contributed by atoms with Crippen LogP contribution in [0.5, 0.6) is 0 Å². The second-order valence-corrected chi connectivity index (χ2v) is 7.41. The fourth-order valence-corrected chi connectivity index (χ4v) is 2.55. The molecule has 1 aromatic heterocycles. The fourth-order valence-electron chi connectivity index (χ4n) is 2.55. The zero-order valence-corrected chi connectivity index (χ0v) is 15.3. The number of nitrogens with zero attached hydrogens (tertiary/aromatic N) is 2. The highest BCUT2D eigenvalue weighted by Gasteiger charge is 2.57. The van der Waals surface area contributed by atoms with Crippen LogP contribution in [-0.4, -0.2) is 57.5 Å². The third-order valence-corrected chi connectivity index (χ3v) is 3.94. The Hall–Kier alpha value is -2.36. The van der Waals surface area contributed by atoms with E-state index in [9.17, 15) is 27.9 Å². The van der Waals surface area contributed by atoms with Crippen LogP contribution in [0.4, 0.5) is 18.0 Å². The van der Waals surface area contributed by atoms with Gasteiger partial charge in [0.15, 0.2) is 5.60 Å². The molecule has 10 heteroatoms. The Labute approximate surface area is 154 Å². The van der Waals surface area contributed by atoms with Gasteiger partial charge in [-0.05, 0) is 38.5 Å². The van der Waals surface area contributed by atoms with E-state index >= 15 is 0 Å². The number of nitrogens with one attached hydrogen (secondary N) is 1. The normalized spacial score (nSPS) is 20.5. The monoisotopic (exact) mass is 389 g/mol. The van der Waals surface area contributed by atoms with E-state index in [-0.39, 0.29) is 18.8 Å². The van der Waals surface area contributed by atoms with Crippen LogP contribution in [0.15, 0.2) is 18.3 Å². The number of β-amino-alcohol motifs (C(OH)–C–C–N with tert-alkyl or cyclic N) is 1. The highest BCUT2D eigenvalue weighted by Crippen LogP contribution is 2.37. The summed E-state index contributed by atoms with van der Waals surface area (Å²) in [6.45, 7) is 4.15. The number of rotatable bonds is 3. The second kappa shape index (κ2) is 7.34. The number of aromatic nitrogens is 1. The number of aliphatic hydroxyl groups is 1. The Morgan fingerprint density at radius 2 is 2.04 bits per heavy atom. The third-order valence-electron chi connectivity index (χ3n) is 3.94. The van der Waals surface area contributed by atoms with E-state index in [1.165, 1.54) is 12.3 Å². The van der Waals surface area contributed by atoms with Crippen LogP contribution in [0.3, 0.4) is 0 Å². The van der Waals surface area contributed by atoms with E-state index in [1.807, 2.05) is 0 Å². The molecule has 2 N–H and O–H groups in total. The number of alkyl halides is 3. The predicted octanol–water partition coefficient (Wildman–Crippen LogP) is 2.25. The van der Waals surface area contributed by atoms with Crippen molar-refractivity contribution in [3.05, 3.63) is 29.6 Å². The first kappa shape index (κ1) is 20.9. The van der Waals surface area contributed by atoms with Crippen molar-refractivity contribution in [2.24, 2.45) is 0 Å². The molecule has 0 spiro atoms. The summed E-state index contributed by atoms with van der Waals surface area (Å²) in [4.78, 5) is 28.9. The first-order chi connectivity index (χ1) is 12.3. The van der Waals surface area contributed by atoms with Crippen molar-refractivity contribution < 1.29 is 32.6 Å². The molecule has 1 aliphatic rings.